The highest BCUT2D eigenvalue weighted by molar-refractivity contribution is 5.94. The molecule has 0 unspecified atom stereocenters. The smallest absolute Gasteiger partial charge is 0.226 e. The molecule has 2 fully saturated rings. The molecule has 0 spiro atoms. The van der Waals surface area contributed by atoms with Crippen LogP contribution < -0.4 is 10.2 Å². The summed E-state index contributed by atoms with van der Waals surface area (Å²) in [5.41, 5.74) is 2.20. The van der Waals surface area contributed by atoms with Gasteiger partial charge in [-0.3, -0.25) is 4.79 Å². The summed E-state index contributed by atoms with van der Waals surface area (Å²) < 4.78 is 7.68. The fourth-order valence-electron chi connectivity index (χ4n) is 5.36. The molecule has 0 aromatic carbocycles. The summed E-state index contributed by atoms with van der Waals surface area (Å²) in [6.07, 6.45) is 8.16. The molecule has 0 bridgehead atoms. The van der Waals surface area contributed by atoms with Crippen LogP contribution in [0.2, 0.25) is 0 Å². The summed E-state index contributed by atoms with van der Waals surface area (Å²) >= 11 is 0. The molecule has 2 aromatic heterocycles. The highest BCUT2D eigenvalue weighted by Crippen LogP contribution is 2.39. The van der Waals surface area contributed by atoms with Crippen molar-refractivity contribution in [1.29, 1.82) is 0 Å². The summed E-state index contributed by atoms with van der Waals surface area (Å²) in [4.78, 5) is 28.2. The van der Waals surface area contributed by atoms with Crippen LogP contribution >= 0.6 is 0 Å². The fourth-order valence-corrected chi connectivity index (χ4v) is 5.36. The first-order valence-corrected chi connectivity index (χ1v) is 11.8. The number of hydrogen-bond donors (Lipinski definition) is 2. The maximum absolute atomic E-state index is 11.9. The minimum absolute atomic E-state index is 0.0180. The summed E-state index contributed by atoms with van der Waals surface area (Å²) in [5, 5.41) is 12.5. The Morgan fingerprint density at radius 3 is 2.69 bits per heavy atom. The van der Waals surface area contributed by atoms with Gasteiger partial charge in [-0.25, -0.2) is 15.0 Å². The van der Waals surface area contributed by atoms with E-state index in [1.807, 2.05) is 0 Å². The molecule has 1 amide bonds. The van der Waals surface area contributed by atoms with Gasteiger partial charge in [0.1, 0.15) is 23.8 Å². The highest BCUT2D eigenvalue weighted by atomic mass is 16.5. The number of imidazole rings is 1. The number of aliphatic hydroxyl groups excluding tert-OH is 1. The molecule has 5 heterocycles. The van der Waals surface area contributed by atoms with Crippen LogP contribution in [0.1, 0.15) is 73.9 Å². The van der Waals surface area contributed by atoms with E-state index in [0.29, 0.717) is 30.6 Å². The van der Waals surface area contributed by atoms with Crippen molar-refractivity contribution in [3.8, 4) is 0 Å². The number of aliphatic hydroxyl groups is 1. The standard InChI is InChI=1S/C23H32N6O3/c1-15-12-19(31)27-21-20(15)23(25-14-24-21)28-6-2-17(3-7-28)22-26-18(13-29(22)8-9-30)16-4-10-32-11-5-16/h13-17,30H,2-12H2,1H3,(H,24,25,27,31)/t15-/m1/s1. The van der Waals surface area contributed by atoms with Gasteiger partial charge in [-0.2, -0.15) is 0 Å². The molecular weight excluding hydrogens is 408 g/mol. The third kappa shape index (κ3) is 4.11. The summed E-state index contributed by atoms with van der Waals surface area (Å²) in [7, 11) is 0. The number of carbonyl (C=O) groups is 1. The molecule has 0 aliphatic carbocycles. The molecule has 3 aliphatic heterocycles. The van der Waals surface area contributed by atoms with E-state index in [1.165, 1.54) is 0 Å². The number of aromatic nitrogens is 4. The van der Waals surface area contributed by atoms with Gasteiger partial charge in [0.05, 0.1) is 12.3 Å². The molecule has 5 rings (SSSR count). The quantitative estimate of drug-likeness (QED) is 0.735. The average Bonchev–Trinajstić information content (AvgIpc) is 3.23. The number of carbonyl (C=O) groups excluding carboxylic acids is 1. The molecule has 2 aromatic rings. The molecule has 3 aliphatic rings. The van der Waals surface area contributed by atoms with Gasteiger partial charge in [-0.1, -0.05) is 6.92 Å². The van der Waals surface area contributed by atoms with Crippen molar-refractivity contribution in [2.75, 3.05) is 43.1 Å². The molecule has 2 saturated heterocycles. The second-order valence-corrected chi connectivity index (χ2v) is 9.20. The molecule has 9 nitrogen and oxygen atoms in total. The number of ether oxygens (including phenoxy) is 1. The van der Waals surface area contributed by atoms with Crippen molar-refractivity contribution in [2.24, 2.45) is 0 Å². The van der Waals surface area contributed by atoms with Gasteiger partial charge >= 0.3 is 0 Å². The van der Waals surface area contributed by atoms with Crippen LogP contribution in [-0.2, 0) is 16.1 Å². The Labute approximate surface area is 188 Å². The zero-order valence-corrected chi connectivity index (χ0v) is 18.7. The van der Waals surface area contributed by atoms with Crippen molar-refractivity contribution in [3.05, 3.63) is 29.6 Å². The van der Waals surface area contributed by atoms with Crippen LogP contribution in [0.4, 0.5) is 11.6 Å². The van der Waals surface area contributed by atoms with Crippen LogP contribution in [0.25, 0.3) is 0 Å². The van der Waals surface area contributed by atoms with Gasteiger partial charge in [0.2, 0.25) is 5.91 Å². The topological polar surface area (TPSA) is 105 Å². The Morgan fingerprint density at radius 2 is 1.94 bits per heavy atom. The van der Waals surface area contributed by atoms with Crippen molar-refractivity contribution in [1.82, 2.24) is 19.5 Å². The lowest BCUT2D eigenvalue weighted by Gasteiger charge is -2.35. The number of fused-ring (bicyclic) bond motifs is 1. The first kappa shape index (κ1) is 21.3. The van der Waals surface area contributed by atoms with E-state index < -0.39 is 0 Å². The SMILES string of the molecule is C[C@@H]1CC(=O)Nc2ncnc(N3CCC(c4nc(C5CCOCC5)cn4CCO)CC3)c21. The molecule has 0 saturated carbocycles. The molecule has 32 heavy (non-hydrogen) atoms. The Bertz CT molecular complexity index is 963. The van der Waals surface area contributed by atoms with Crippen LogP contribution in [0, 0.1) is 0 Å². The maximum Gasteiger partial charge on any atom is 0.226 e. The molecule has 2 N–H and O–H groups in total. The van der Waals surface area contributed by atoms with Crippen LogP contribution in [0.15, 0.2) is 12.5 Å². The van der Waals surface area contributed by atoms with Crippen molar-refractivity contribution >= 4 is 17.5 Å². The third-order valence-corrected chi connectivity index (χ3v) is 7.07. The lowest BCUT2D eigenvalue weighted by atomic mass is 9.92. The minimum Gasteiger partial charge on any atom is -0.395 e. The van der Waals surface area contributed by atoms with E-state index in [-0.39, 0.29) is 18.4 Å². The molecule has 9 heteroatoms. The van der Waals surface area contributed by atoms with Crippen molar-refractivity contribution in [2.45, 2.75) is 63.3 Å². The Morgan fingerprint density at radius 1 is 1.16 bits per heavy atom. The zero-order chi connectivity index (χ0) is 22.1. The second kappa shape index (κ2) is 9.15. The van der Waals surface area contributed by atoms with E-state index >= 15 is 0 Å². The summed E-state index contributed by atoms with van der Waals surface area (Å²) in [6.45, 7) is 6.14. The van der Waals surface area contributed by atoms with E-state index in [9.17, 15) is 9.90 Å². The predicted octanol–water partition coefficient (Wildman–Crippen LogP) is 2.39. The normalized spacial score (nSPS) is 22.6. The first-order chi connectivity index (χ1) is 15.6. The molecular formula is C23H32N6O3. The van der Waals surface area contributed by atoms with Gasteiger partial charge in [0, 0.05) is 62.9 Å². The fraction of sp³-hybridized carbons (Fsp3) is 0.652. The van der Waals surface area contributed by atoms with E-state index in [2.05, 4.69) is 37.9 Å². The summed E-state index contributed by atoms with van der Waals surface area (Å²) in [5.74, 6) is 3.64. The number of nitrogens with one attached hydrogen (secondary N) is 1. The monoisotopic (exact) mass is 440 g/mol. The maximum atomic E-state index is 11.9. The van der Waals surface area contributed by atoms with Gasteiger partial charge in [0.15, 0.2) is 0 Å². The second-order valence-electron chi connectivity index (χ2n) is 9.20. The van der Waals surface area contributed by atoms with Crippen LogP contribution in [0.5, 0.6) is 0 Å². The number of piperidine rings is 1. The number of nitrogens with zero attached hydrogens (tertiary/aromatic N) is 5. The van der Waals surface area contributed by atoms with Crippen molar-refractivity contribution in [3.63, 3.8) is 0 Å². The van der Waals surface area contributed by atoms with Crippen LogP contribution in [0.3, 0.4) is 0 Å². The molecule has 1 atom stereocenters. The predicted molar refractivity (Wildman–Crippen MR) is 120 cm³/mol. The van der Waals surface area contributed by atoms with Crippen molar-refractivity contribution < 1.29 is 14.6 Å². The Hall–Kier alpha value is -2.52. The van der Waals surface area contributed by atoms with E-state index in [4.69, 9.17) is 9.72 Å². The first-order valence-electron chi connectivity index (χ1n) is 11.8. The third-order valence-electron chi connectivity index (χ3n) is 7.07. The van der Waals surface area contributed by atoms with E-state index in [1.54, 1.807) is 6.33 Å². The lowest BCUT2D eigenvalue weighted by Crippen LogP contribution is -2.36. The van der Waals surface area contributed by atoms with Gasteiger partial charge < -0.3 is 24.6 Å². The number of amides is 1. The lowest BCUT2D eigenvalue weighted by molar-refractivity contribution is -0.116. The zero-order valence-electron chi connectivity index (χ0n) is 18.7. The highest BCUT2D eigenvalue weighted by Gasteiger charge is 2.32. The van der Waals surface area contributed by atoms with E-state index in [0.717, 1.165) is 74.9 Å². The van der Waals surface area contributed by atoms with Crippen LogP contribution in [-0.4, -0.2) is 63.4 Å². The van der Waals surface area contributed by atoms with Gasteiger partial charge in [0.25, 0.3) is 0 Å². The number of hydrogen-bond acceptors (Lipinski definition) is 7. The Balaban J connectivity index is 1.33. The Kier molecular flexibility index (Phi) is 6.10. The molecule has 0 radical (unpaired) electrons. The number of anilines is 2. The number of rotatable bonds is 5. The minimum atomic E-state index is 0.0180. The average molecular weight is 441 g/mol. The van der Waals surface area contributed by atoms with Gasteiger partial charge in [-0.15, -0.1) is 0 Å². The van der Waals surface area contributed by atoms with Gasteiger partial charge in [-0.05, 0) is 31.6 Å². The largest absolute Gasteiger partial charge is 0.395 e. The molecule has 172 valence electrons. The summed E-state index contributed by atoms with van der Waals surface area (Å²) in [6, 6.07) is 0.